The van der Waals surface area contributed by atoms with Gasteiger partial charge in [0.2, 0.25) is 0 Å². The van der Waals surface area contributed by atoms with Crippen LogP contribution in [0.4, 0.5) is 5.69 Å². The fraction of sp³-hybridized carbons (Fsp3) is 0.227. The fourth-order valence-corrected chi connectivity index (χ4v) is 5.33. The number of hydrogen-bond acceptors (Lipinski definition) is 5. The van der Waals surface area contributed by atoms with E-state index in [0.29, 0.717) is 17.7 Å². The first-order valence-electron chi connectivity index (χ1n) is 9.68. The van der Waals surface area contributed by atoms with Gasteiger partial charge >= 0.3 is 0 Å². The van der Waals surface area contributed by atoms with Crippen molar-refractivity contribution in [3.05, 3.63) is 104 Å². The van der Waals surface area contributed by atoms with Crippen molar-refractivity contribution in [1.82, 2.24) is 3.97 Å². The lowest BCUT2D eigenvalue weighted by Gasteiger charge is -2.21. The normalized spacial score (nSPS) is 13.6. The van der Waals surface area contributed by atoms with Crippen LogP contribution in [0.5, 0.6) is 0 Å². The van der Waals surface area contributed by atoms with Crippen LogP contribution in [0.2, 0.25) is 0 Å². The van der Waals surface area contributed by atoms with Gasteiger partial charge in [0.25, 0.3) is 21.3 Å². The van der Waals surface area contributed by atoms with Gasteiger partial charge in [-0.1, -0.05) is 30.3 Å². The van der Waals surface area contributed by atoms with Gasteiger partial charge in [-0.2, -0.15) is 0 Å². The Labute approximate surface area is 173 Å². The summed E-state index contributed by atoms with van der Waals surface area (Å²) < 4.78 is 27.7. The summed E-state index contributed by atoms with van der Waals surface area (Å²) in [5.74, 6) is 0. The van der Waals surface area contributed by atoms with Gasteiger partial charge in [0.05, 0.1) is 9.82 Å². The molecular weight excluding hydrogens is 404 g/mol. The van der Waals surface area contributed by atoms with Crippen LogP contribution in [0.25, 0.3) is 0 Å². The van der Waals surface area contributed by atoms with E-state index in [4.69, 9.17) is 0 Å². The molecule has 154 valence electrons. The summed E-state index contributed by atoms with van der Waals surface area (Å²) in [6.07, 6.45) is 3.41. The van der Waals surface area contributed by atoms with E-state index in [1.807, 2.05) is 36.4 Å². The summed E-state index contributed by atoms with van der Waals surface area (Å²) >= 11 is 0. The van der Waals surface area contributed by atoms with Crippen LogP contribution in [-0.2, 0) is 29.3 Å². The van der Waals surface area contributed by atoms with Crippen molar-refractivity contribution in [2.75, 3.05) is 0 Å². The van der Waals surface area contributed by atoms with Gasteiger partial charge in [0, 0.05) is 29.8 Å². The second kappa shape index (κ2) is 7.87. The van der Waals surface area contributed by atoms with Crippen molar-refractivity contribution >= 4 is 15.7 Å². The maximum Gasteiger partial charge on any atom is 0.270 e. The molecular formula is C22H20N2O5S. The Bertz CT molecular complexity index is 1260. The van der Waals surface area contributed by atoms with Crippen molar-refractivity contribution < 1.29 is 13.3 Å². The van der Waals surface area contributed by atoms with Crippen molar-refractivity contribution in [1.29, 1.82) is 0 Å². The number of hydrogen-bond donors (Lipinski definition) is 0. The Balaban J connectivity index is 1.90. The summed E-state index contributed by atoms with van der Waals surface area (Å²) in [6, 6.07) is 15.8. The monoisotopic (exact) mass is 424 g/mol. The summed E-state index contributed by atoms with van der Waals surface area (Å²) in [4.78, 5) is 23.5. The molecule has 0 saturated carbocycles. The minimum absolute atomic E-state index is 0.153. The standard InChI is InChI=1S/C22H20N2O5S/c25-22-21-9-5-4-8-17(21)15-19(14-16-6-2-1-3-7-16)23(22)30(28,29)20-12-10-18(11-13-20)24(26)27/h1-3,6-7,10-13,15H,4-5,8-9,14H2. The highest BCUT2D eigenvalue weighted by atomic mass is 32.2. The molecule has 3 aromatic rings. The molecule has 1 heterocycles. The van der Waals surface area contributed by atoms with Crippen molar-refractivity contribution in [2.24, 2.45) is 0 Å². The quantitative estimate of drug-likeness (QED) is 0.461. The van der Waals surface area contributed by atoms with Gasteiger partial charge in [-0.25, -0.2) is 12.4 Å². The molecule has 7 nitrogen and oxygen atoms in total. The molecule has 0 bridgehead atoms. The predicted molar refractivity (Wildman–Crippen MR) is 112 cm³/mol. The minimum Gasteiger partial charge on any atom is -0.268 e. The zero-order valence-electron chi connectivity index (χ0n) is 16.2. The third kappa shape index (κ3) is 3.66. The highest BCUT2D eigenvalue weighted by Crippen LogP contribution is 2.24. The highest BCUT2D eigenvalue weighted by molar-refractivity contribution is 7.90. The predicted octanol–water partition coefficient (Wildman–Crippen LogP) is 3.46. The first-order chi connectivity index (χ1) is 14.4. The smallest absolute Gasteiger partial charge is 0.268 e. The zero-order valence-corrected chi connectivity index (χ0v) is 17.0. The van der Waals surface area contributed by atoms with Crippen LogP contribution in [0.1, 0.15) is 35.2 Å². The average molecular weight is 424 g/mol. The number of rotatable bonds is 5. The fourth-order valence-electron chi connectivity index (χ4n) is 3.88. The number of fused-ring (bicyclic) bond motifs is 1. The first kappa shape index (κ1) is 20.0. The van der Waals surface area contributed by atoms with Crippen LogP contribution in [-0.4, -0.2) is 17.3 Å². The largest absolute Gasteiger partial charge is 0.270 e. The molecule has 0 amide bonds. The molecule has 4 rings (SSSR count). The zero-order chi connectivity index (χ0) is 21.3. The van der Waals surface area contributed by atoms with Gasteiger partial charge in [-0.3, -0.25) is 14.9 Å². The summed E-state index contributed by atoms with van der Waals surface area (Å²) in [5, 5.41) is 10.9. The number of pyridine rings is 1. The second-order valence-corrected chi connectivity index (χ2v) is 9.12. The molecule has 0 N–H and O–H groups in total. The van der Waals surface area contributed by atoms with Gasteiger partial charge in [-0.15, -0.1) is 0 Å². The first-order valence-corrected chi connectivity index (χ1v) is 11.1. The number of non-ortho nitro benzene ring substituents is 1. The third-order valence-electron chi connectivity index (χ3n) is 5.37. The Kier molecular flexibility index (Phi) is 5.26. The molecule has 0 fully saturated rings. The number of benzene rings is 2. The van der Waals surface area contributed by atoms with Crippen molar-refractivity contribution in [2.45, 2.75) is 37.0 Å². The van der Waals surface area contributed by atoms with Crippen LogP contribution >= 0.6 is 0 Å². The summed E-state index contributed by atoms with van der Waals surface area (Å²) in [6.45, 7) is 0. The van der Waals surface area contributed by atoms with Crippen molar-refractivity contribution in [3.63, 3.8) is 0 Å². The average Bonchev–Trinajstić information content (AvgIpc) is 2.74. The van der Waals surface area contributed by atoms with E-state index >= 15 is 0 Å². The molecule has 0 spiro atoms. The second-order valence-electron chi connectivity index (χ2n) is 7.33. The number of nitro groups is 1. The molecule has 2 aromatic carbocycles. The lowest BCUT2D eigenvalue weighted by Crippen LogP contribution is -2.34. The van der Waals surface area contributed by atoms with E-state index in [9.17, 15) is 23.3 Å². The molecule has 1 aliphatic carbocycles. The number of nitro benzene ring substituents is 1. The van der Waals surface area contributed by atoms with E-state index in [1.54, 1.807) is 0 Å². The molecule has 30 heavy (non-hydrogen) atoms. The SMILES string of the molecule is O=c1c2c(cc(Cc3ccccc3)n1S(=O)(=O)c1ccc([N+](=O)[O-])cc1)CCCC2. The van der Waals surface area contributed by atoms with E-state index in [-0.39, 0.29) is 17.0 Å². The maximum absolute atomic E-state index is 13.4. The lowest BCUT2D eigenvalue weighted by molar-refractivity contribution is -0.384. The molecule has 8 heteroatoms. The Morgan fingerprint density at radius 2 is 1.63 bits per heavy atom. The Hall–Kier alpha value is -3.26. The van der Waals surface area contributed by atoms with Crippen molar-refractivity contribution in [3.8, 4) is 0 Å². The number of aromatic nitrogens is 1. The maximum atomic E-state index is 13.4. The van der Waals surface area contributed by atoms with Gasteiger partial charge in [0.1, 0.15) is 0 Å². The van der Waals surface area contributed by atoms with Gasteiger partial charge in [0.15, 0.2) is 0 Å². The van der Waals surface area contributed by atoms with Crippen LogP contribution in [0.15, 0.2) is 70.4 Å². The molecule has 0 unspecified atom stereocenters. The van der Waals surface area contributed by atoms with Gasteiger partial charge < -0.3 is 0 Å². The topological polar surface area (TPSA) is 99.3 Å². The van der Waals surface area contributed by atoms with Crippen LogP contribution in [0, 0.1) is 10.1 Å². The minimum atomic E-state index is -4.21. The molecule has 0 atom stereocenters. The molecule has 0 aliphatic heterocycles. The molecule has 0 radical (unpaired) electrons. The Morgan fingerprint density at radius 1 is 0.967 bits per heavy atom. The summed E-state index contributed by atoms with van der Waals surface area (Å²) in [7, 11) is -4.21. The Morgan fingerprint density at radius 3 is 2.30 bits per heavy atom. The number of nitrogens with zero attached hydrogens (tertiary/aromatic N) is 2. The van der Waals surface area contributed by atoms with E-state index in [0.717, 1.165) is 46.5 Å². The van der Waals surface area contributed by atoms with Crippen LogP contribution in [0.3, 0.4) is 0 Å². The summed E-state index contributed by atoms with van der Waals surface area (Å²) in [5.41, 5.74) is 2.01. The van der Waals surface area contributed by atoms with Crippen LogP contribution < -0.4 is 5.56 Å². The lowest BCUT2D eigenvalue weighted by atomic mass is 9.92. The molecule has 0 saturated heterocycles. The number of aryl methyl sites for hydroxylation is 1. The highest BCUT2D eigenvalue weighted by Gasteiger charge is 2.27. The van der Waals surface area contributed by atoms with E-state index in [1.165, 1.54) is 12.1 Å². The molecule has 1 aromatic heterocycles. The van der Waals surface area contributed by atoms with Gasteiger partial charge in [-0.05, 0) is 55.0 Å². The van der Waals surface area contributed by atoms with E-state index < -0.39 is 20.5 Å². The molecule has 1 aliphatic rings. The third-order valence-corrected chi connectivity index (χ3v) is 7.12. The van der Waals surface area contributed by atoms with E-state index in [2.05, 4.69) is 0 Å².